The molecule has 0 unspecified atom stereocenters. The van der Waals surface area contributed by atoms with Crippen LogP contribution in [0.2, 0.25) is 0 Å². The van der Waals surface area contributed by atoms with Gasteiger partial charge in [0.25, 0.3) is 0 Å². The first-order valence-electron chi connectivity index (χ1n) is 9.74. The highest BCUT2D eigenvalue weighted by Crippen LogP contribution is 2.44. The van der Waals surface area contributed by atoms with Crippen molar-refractivity contribution in [1.82, 2.24) is 0 Å². The summed E-state index contributed by atoms with van der Waals surface area (Å²) in [6.07, 6.45) is 3.44. The van der Waals surface area contributed by atoms with E-state index in [4.69, 9.17) is 0 Å². The van der Waals surface area contributed by atoms with Gasteiger partial charge in [-0.25, -0.2) is 0 Å². The first-order chi connectivity index (χ1) is 11.5. The number of rotatable bonds is 10. The Hall–Kier alpha value is -1.16. The zero-order valence-electron chi connectivity index (χ0n) is 16.8. The van der Waals surface area contributed by atoms with Crippen LogP contribution < -0.4 is 0 Å². The van der Waals surface area contributed by atoms with Gasteiger partial charge in [-0.1, -0.05) is 54.4 Å². The SMILES string of the molecule is CC(C)CCC[C@@]1(O)C(O)=C(C(=O)CC(C)C)C(=O)[C@@H]1CCC(C)C. The number of ketones is 2. The van der Waals surface area contributed by atoms with Gasteiger partial charge in [-0.2, -0.15) is 0 Å². The van der Waals surface area contributed by atoms with E-state index in [2.05, 4.69) is 27.7 Å². The zero-order valence-corrected chi connectivity index (χ0v) is 16.8. The van der Waals surface area contributed by atoms with Crippen LogP contribution in [0.15, 0.2) is 11.3 Å². The number of aliphatic hydroxyl groups excluding tert-OH is 1. The number of Topliss-reactive ketones (excluding diaryl/α,β-unsaturated/α-hetero) is 2. The Balaban J connectivity index is 3.11. The van der Waals surface area contributed by atoms with E-state index in [-0.39, 0.29) is 35.2 Å². The quantitative estimate of drug-likeness (QED) is 0.563. The lowest BCUT2D eigenvalue weighted by Gasteiger charge is -2.30. The molecule has 144 valence electrons. The number of aliphatic hydroxyl groups is 2. The van der Waals surface area contributed by atoms with E-state index in [0.29, 0.717) is 24.7 Å². The van der Waals surface area contributed by atoms with Crippen molar-refractivity contribution < 1.29 is 19.8 Å². The average molecular weight is 353 g/mol. The molecule has 2 atom stereocenters. The Morgan fingerprint density at radius 2 is 1.60 bits per heavy atom. The average Bonchev–Trinajstić information content (AvgIpc) is 2.63. The Bertz CT molecular complexity index is 516. The molecule has 0 aromatic rings. The fourth-order valence-electron chi connectivity index (χ4n) is 3.57. The smallest absolute Gasteiger partial charge is 0.176 e. The van der Waals surface area contributed by atoms with E-state index >= 15 is 0 Å². The number of hydrogen-bond donors (Lipinski definition) is 2. The van der Waals surface area contributed by atoms with Crippen LogP contribution in [0.1, 0.15) is 80.1 Å². The van der Waals surface area contributed by atoms with Crippen LogP contribution in [-0.2, 0) is 9.59 Å². The monoisotopic (exact) mass is 352 g/mol. The van der Waals surface area contributed by atoms with Gasteiger partial charge >= 0.3 is 0 Å². The minimum Gasteiger partial charge on any atom is -0.508 e. The van der Waals surface area contributed by atoms with Crippen LogP contribution in [0.5, 0.6) is 0 Å². The summed E-state index contributed by atoms with van der Waals surface area (Å²) in [5.41, 5.74) is -1.72. The van der Waals surface area contributed by atoms with Gasteiger partial charge in [0.05, 0.1) is 5.92 Å². The van der Waals surface area contributed by atoms with Gasteiger partial charge in [-0.15, -0.1) is 0 Å². The molecule has 0 saturated carbocycles. The molecule has 2 N–H and O–H groups in total. The van der Waals surface area contributed by atoms with E-state index in [1.807, 2.05) is 13.8 Å². The Morgan fingerprint density at radius 1 is 1.04 bits per heavy atom. The van der Waals surface area contributed by atoms with Crippen molar-refractivity contribution in [2.45, 2.75) is 85.7 Å². The first-order valence-corrected chi connectivity index (χ1v) is 9.74. The zero-order chi connectivity index (χ0) is 19.4. The molecule has 0 heterocycles. The van der Waals surface area contributed by atoms with Gasteiger partial charge in [0.1, 0.15) is 16.9 Å². The second kappa shape index (κ2) is 8.98. The molecule has 0 bridgehead atoms. The molecule has 0 aromatic carbocycles. The molecule has 1 rings (SSSR count). The lowest BCUT2D eigenvalue weighted by atomic mass is 9.80. The van der Waals surface area contributed by atoms with Crippen molar-refractivity contribution >= 4 is 11.6 Å². The largest absolute Gasteiger partial charge is 0.508 e. The third-order valence-electron chi connectivity index (χ3n) is 5.03. The predicted molar refractivity (Wildman–Crippen MR) is 100 cm³/mol. The third kappa shape index (κ3) is 5.40. The van der Waals surface area contributed by atoms with E-state index in [0.717, 1.165) is 19.3 Å². The molecule has 0 saturated heterocycles. The first kappa shape index (κ1) is 21.9. The highest BCUT2D eigenvalue weighted by molar-refractivity contribution is 6.23. The normalized spacial score (nSPS) is 24.2. The van der Waals surface area contributed by atoms with Crippen molar-refractivity contribution in [2.24, 2.45) is 23.7 Å². The molecule has 1 aliphatic rings. The second-order valence-corrected chi connectivity index (χ2v) is 8.84. The summed E-state index contributed by atoms with van der Waals surface area (Å²) >= 11 is 0. The highest BCUT2D eigenvalue weighted by Gasteiger charge is 2.54. The molecular formula is C21H36O4. The maximum absolute atomic E-state index is 12.9. The van der Waals surface area contributed by atoms with Crippen molar-refractivity contribution in [2.75, 3.05) is 0 Å². The lowest BCUT2D eigenvalue weighted by Crippen LogP contribution is -2.39. The Labute approximate surface area is 152 Å². The number of carbonyl (C=O) groups excluding carboxylic acids is 2. The summed E-state index contributed by atoms with van der Waals surface area (Å²) in [6, 6.07) is 0. The van der Waals surface area contributed by atoms with Gasteiger partial charge in [0, 0.05) is 6.42 Å². The minimum absolute atomic E-state index is 0.101. The molecule has 0 aromatic heterocycles. The molecule has 0 amide bonds. The topological polar surface area (TPSA) is 74.6 Å². The van der Waals surface area contributed by atoms with Crippen molar-refractivity contribution in [1.29, 1.82) is 0 Å². The van der Waals surface area contributed by atoms with Gasteiger partial charge in [0.2, 0.25) is 0 Å². The maximum Gasteiger partial charge on any atom is 0.176 e. The Morgan fingerprint density at radius 3 is 2.08 bits per heavy atom. The van der Waals surface area contributed by atoms with E-state index < -0.39 is 11.5 Å². The second-order valence-electron chi connectivity index (χ2n) is 8.84. The molecule has 0 spiro atoms. The summed E-state index contributed by atoms with van der Waals surface area (Å²) in [5, 5.41) is 21.8. The van der Waals surface area contributed by atoms with E-state index in [9.17, 15) is 19.8 Å². The number of carbonyl (C=O) groups is 2. The van der Waals surface area contributed by atoms with Crippen LogP contribution in [-0.4, -0.2) is 27.4 Å². The summed E-state index contributed by atoms with van der Waals surface area (Å²) < 4.78 is 0. The molecule has 0 aliphatic heterocycles. The van der Waals surface area contributed by atoms with Gasteiger partial charge < -0.3 is 10.2 Å². The molecular weight excluding hydrogens is 316 g/mol. The van der Waals surface area contributed by atoms with Gasteiger partial charge in [0.15, 0.2) is 11.6 Å². The van der Waals surface area contributed by atoms with Crippen molar-refractivity contribution in [3.05, 3.63) is 11.3 Å². The molecule has 0 fully saturated rings. The standard InChI is InChI=1S/C21H36O4/c1-13(2)8-7-11-21(25)16(10-9-14(3)4)19(23)18(20(21)24)17(22)12-15(5)6/h13-16,24-25H,7-12H2,1-6H3/t16-,21-/m0/s1. The summed E-state index contributed by atoms with van der Waals surface area (Å²) in [6.45, 7) is 12.1. The summed E-state index contributed by atoms with van der Waals surface area (Å²) in [7, 11) is 0. The summed E-state index contributed by atoms with van der Waals surface area (Å²) in [5.74, 6) is -0.797. The van der Waals surface area contributed by atoms with Gasteiger partial charge in [-0.3, -0.25) is 9.59 Å². The predicted octanol–water partition coefficient (Wildman–Crippen LogP) is 4.61. The van der Waals surface area contributed by atoms with Gasteiger partial charge in [-0.05, 0) is 37.0 Å². The van der Waals surface area contributed by atoms with Crippen LogP contribution in [0.3, 0.4) is 0 Å². The van der Waals surface area contributed by atoms with Crippen molar-refractivity contribution in [3.63, 3.8) is 0 Å². The third-order valence-corrected chi connectivity index (χ3v) is 5.03. The van der Waals surface area contributed by atoms with Crippen molar-refractivity contribution in [3.8, 4) is 0 Å². The fourth-order valence-corrected chi connectivity index (χ4v) is 3.57. The van der Waals surface area contributed by atoms with E-state index in [1.54, 1.807) is 0 Å². The molecule has 0 radical (unpaired) electrons. The van der Waals surface area contributed by atoms with E-state index in [1.165, 1.54) is 0 Å². The Kier molecular flexibility index (Phi) is 7.86. The fraction of sp³-hybridized carbons (Fsp3) is 0.810. The van der Waals surface area contributed by atoms with Crippen LogP contribution >= 0.6 is 0 Å². The molecule has 4 heteroatoms. The summed E-state index contributed by atoms with van der Waals surface area (Å²) in [4.78, 5) is 25.3. The minimum atomic E-state index is -1.58. The maximum atomic E-state index is 12.9. The molecule has 25 heavy (non-hydrogen) atoms. The van der Waals surface area contributed by atoms with Crippen LogP contribution in [0.25, 0.3) is 0 Å². The highest BCUT2D eigenvalue weighted by atomic mass is 16.3. The lowest BCUT2D eigenvalue weighted by molar-refractivity contribution is -0.127. The number of allylic oxidation sites excluding steroid dienone is 1. The van der Waals surface area contributed by atoms with Crippen LogP contribution in [0.4, 0.5) is 0 Å². The molecule has 4 nitrogen and oxygen atoms in total. The van der Waals surface area contributed by atoms with Crippen LogP contribution in [0, 0.1) is 23.7 Å². The molecule has 1 aliphatic carbocycles. The number of hydrogen-bond acceptors (Lipinski definition) is 4.